The Morgan fingerprint density at radius 3 is 2.23 bits per heavy atom. The summed E-state index contributed by atoms with van der Waals surface area (Å²) in [5.41, 5.74) is 2.15. The number of aromatic hydroxyl groups is 1. The summed E-state index contributed by atoms with van der Waals surface area (Å²) in [7, 11) is 1.17. The van der Waals surface area contributed by atoms with Gasteiger partial charge in [-0.3, -0.25) is 4.55 Å². The summed E-state index contributed by atoms with van der Waals surface area (Å²) in [5.74, 6) is -1.07. The molecule has 0 saturated heterocycles. The molecule has 0 radical (unpaired) electrons. The van der Waals surface area contributed by atoms with Crippen molar-refractivity contribution in [2.45, 2.75) is 4.90 Å². The molecule has 8 nitrogen and oxygen atoms in total. The predicted octanol–water partition coefficient (Wildman–Crippen LogP) is 3.73. The lowest BCUT2D eigenvalue weighted by atomic mass is 10.1. The average molecular weight is 442 g/mol. The molecule has 4 aromatic rings. The number of hydrogen-bond acceptors (Lipinski definition) is 5. The highest BCUT2D eigenvalue weighted by Gasteiger charge is 2.14. The van der Waals surface area contributed by atoms with Crippen LogP contribution < -0.4 is 4.90 Å². The van der Waals surface area contributed by atoms with Crippen molar-refractivity contribution in [1.29, 1.82) is 0 Å². The molecule has 0 fully saturated rings. The highest BCUT2D eigenvalue weighted by molar-refractivity contribution is 7.85. The number of benzene rings is 3. The van der Waals surface area contributed by atoms with E-state index in [-0.39, 0.29) is 10.6 Å². The summed E-state index contributed by atoms with van der Waals surface area (Å²) in [6, 6.07) is 16.9. The van der Waals surface area contributed by atoms with Gasteiger partial charge in [0.05, 0.1) is 4.90 Å². The van der Waals surface area contributed by atoms with Gasteiger partial charge in [-0.1, -0.05) is 24.3 Å². The van der Waals surface area contributed by atoms with Crippen LogP contribution >= 0.6 is 0 Å². The third-order valence-electron chi connectivity index (χ3n) is 4.87. The van der Waals surface area contributed by atoms with Gasteiger partial charge in [0.25, 0.3) is 10.1 Å². The normalized spacial score (nSPS) is 11.2. The van der Waals surface area contributed by atoms with E-state index in [0.29, 0.717) is 16.5 Å². The number of anilines is 1. The Kier molecular flexibility index (Phi) is 5.92. The van der Waals surface area contributed by atoms with E-state index < -0.39 is 16.1 Å². The largest absolute Gasteiger partial charge is 0.507 e. The zero-order chi connectivity index (χ0) is 22.9. The Morgan fingerprint density at radius 2 is 1.65 bits per heavy atom. The highest BCUT2D eigenvalue weighted by atomic mass is 32.2. The van der Waals surface area contributed by atoms with E-state index in [1.807, 2.05) is 43.3 Å². The van der Waals surface area contributed by atoms with Gasteiger partial charge in [0, 0.05) is 49.2 Å². The smallest absolute Gasteiger partial charge is 0.352 e. The first-order chi connectivity index (χ1) is 14.5. The Labute approximate surface area is 179 Å². The van der Waals surface area contributed by atoms with E-state index in [9.17, 15) is 18.3 Å². The number of fused-ring (bicyclic) bond motifs is 2. The fraction of sp³-hybridized carbons (Fsp3) is 0.136. The molecule has 0 atom stereocenters. The molecule has 0 aliphatic rings. The average Bonchev–Trinajstić information content (AvgIpc) is 3.05. The molecular formula is C22H22N2O6S. The lowest BCUT2D eigenvalue weighted by molar-refractivity contribution is 0.0687. The van der Waals surface area contributed by atoms with Crippen LogP contribution in [0.4, 0.5) is 5.69 Å². The second-order valence-electron chi connectivity index (χ2n) is 7.17. The summed E-state index contributed by atoms with van der Waals surface area (Å²) in [4.78, 5) is 12.3. The maximum absolute atomic E-state index is 11.0. The second-order valence-corrected chi connectivity index (χ2v) is 8.59. The molecule has 3 aromatic carbocycles. The minimum absolute atomic E-state index is 0.177. The molecule has 9 heteroatoms. The molecule has 162 valence electrons. The van der Waals surface area contributed by atoms with Crippen molar-refractivity contribution in [2.75, 3.05) is 19.0 Å². The molecule has 0 aliphatic carbocycles. The molecule has 0 bridgehead atoms. The molecule has 1 aromatic heterocycles. The first-order valence-corrected chi connectivity index (χ1v) is 10.6. The maximum atomic E-state index is 11.0. The zero-order valence-electron chi connectivity index (χ0n) is 17.1. The number of carboxylic acids is 1. The van der Waals surface area contributed by atoms with Crippen molar-refractivity contribution in [2.24, 2.45) is 7.05 Å². The minimum atomic E-state index is -4.31. The molecule has 31 heavy (non-hydrogen) atoms. The predicted molar refractivity (Wildman–Crippen MR) is 120 cm³/mol. The Balaban J connectivity index is 0.000000185. The van der Waals surface area contributed by atoms with E-state index in [2.05, 4.69) is 0 Å². The summed E-state index contributed by atoms with van der Waals surface area (Å²) in [6.45, 7) is 0. The van der Waals surface area contributed by atoms with Crippen molar-refractivity contribution >= 4 is 43.5 Å². The summed E-state index contributed by atoms with van der Waals surface area (Å²) >= 11 is 0. The number of phenolic OH excluding ortho intramolecular Hbond substituents is 1. The van der Waals surface area contributed by atoms with E-state index in [1.165, 1.54) is 6.07 Å². The fourth-order valence-corrected chi connectivity index (χ4v) is 3.76. The Morgan fingerprint density at radius 1 is 0.968 bits per heavy atom. The first kappa shape index (κ1) is 22.1. The number of hydrogen-bond donors (Lipinski definition) is 3. The van der Waals surface area contributed by atoms with Crippen LogP contribution in [0.1, 0.15) is 10.5 Å². The second kappa shape index (κ2) is 8.29. The lowest BCUT2D eigenvalue weighted by Gasteiger charge is -2.13. The maximum Gasteiger partial charge on any atom is 0.352 e. The third kappa shape index (κ3) is 4.62. The van der Waals surface area contributed by atoms with Crippen LogP contribution in [-0.4, -0.2) is 47.8 Å². The molecule has 0 aliphatic heterocycles. The number of para-hydroxylation sites is 1. The van der Waals surface area contributed by atoms with Crippen LogP contribution in [0.2, 0.25) is 0 Å². The van der Waals surface area contributed by atoms with Crippen molar-refractivity contribution in [3.05, 3.63) is 66.4 Å². The molecule has 0 amide bonds. The van der Waals surface area contributed by atoms with Gasteiger partial charge in [-0.05, 0) is 35.7 Å². The van der Waals surface area contributed by atoms with Crippen LogP contribution in [0.15, 0.2) is 65.6 Å². The van der Waals surface area contributed by atoms with Gasteiger partial charge < -0.3 is 19.7 Å². The lowest BCUT2D eigenvalue weighted by Crippen LogP contribution is -2.08. The minimum Gasteiger partial charge on any atom is -0.507 e. The van der Waals surface area contributed by atoms with Gasteiger partial charge in [0.1, 0.15) is 11.4 Å². The SMILES string of the molecule is CN(C)c1ccc2cc(S(=O)(=O)O)cc(O)c2c1.Cn1c(C(=O)O)cc2ccccc21. The Bertz CT molecular complexity index is 1390. The number of rotatable bonds is 3. The number of aromatic nitrogens is 1. The first-order valence-electron chi connectivity index (χ1n) is 9.18. The fourth-order valence-electron chi connectivity index (χ4n) is 3.22. The molecule has 0 saturated carbocycles. The molecule has 4 rings (SSSR count). The van der Waals surface area contributed by atoms with Gasteiger partial charge in [0.15, 0.2) is 0 Å². The van der Waals surface area contributed by atoms with Crippen LogP contribution in [-0.2, 0) is 17.2 Å². The van der Waals surface area contributed by atoms with Gasteiger partial charge in [-0.2, -0.15) is 8.42 Å². The number of phenols is 1. The highest BCUT2D eigenvalue weighted by Crippen LogP contribution is 2.31. The van der Waals surface area contributed by atoms with Gasteiger partial charge in [-0.25, -0.2) is 4.79 Å². The van der Waals surface area contributed by atoms with Gasteiger partial charge in [0.2, 0.25) is 0 Å². The van der Waals surface area contributed by atoms with Gasteiger partial charge in [-0.15, -0.1) is 0 Å². The van der Waals surface area contributed by atoms with E-state index in [4.69, 9.17) is 9.66 Å². The molecule has 1 heterocycles. The number of carbonyl (C=O) groups is 1. The Hall–Kier alpha value is -3.56. The molecule has 3 N–H and O–H groups in total. The number of aryl methyl sites for hydroxylation is 1. The van der Waals surface area contributed by atoms with Crippen molar-refractivity contribution < 1.29 is 28.0 Å². The van der Waals surface area contributed by atoms with Crippen molar-refractivity contribution in [3.8, 4) is 5.75 Å². The van der Waals surface area contributed by atoms with E-state index in [1.54, 1.807) is 35.9 Å². The zero-order valence-corrected chi connectivity index (χ0v) is 18.0. The summed E-state index contributed by atoms with van der Waals surface area (Å²) < 4.78 is 32.7. The monoisotopic (exact) mass is 442 g/mol. The summed E-state index contributed by atoms with van der Waals surface area (Å²) in [6.07, 6.45) is 0. The van der Waals surface area contributed by atoms with Crippen LogP contribution in [0.5, 0.6) is 5.75 Å². The van der Waals surface area contributed by atoms with Crippen molar-refractivity contribution in [1.82, 2.24) is 4.57 Å². The molecule has 0 unspecified atom stereocenters. The van der Waals surface area contributed by atoms with Gasteiger partial charge >= 0.3 is 5.97 Å². The van der Waals surface area contributed by atoms with Crippen LogP contribution in [0.3, 0.4) is 0 Å². The molecular weight excluding hydrogens is 420 g/mol. The topological polar surface area (TPSA) is 120 Å². The molecule has 0 spiro atoms. The number of nitrogens with zero attached hydrogens (tertiary/aromatic N) is 2. The van der Waals surface area contributed by atoms with E-state index in [0.717, 1.165) is 22.7 Å². The standard InChI is InChI=1S/C12H13NO4S.C10H9NO2/c1-13(2)9-4-3-8-5-10(18(15,16)17)7-12(14)11(8)6-9;1-11-8-5-3-2-4-7(8)6-9(11)10(12)13/h3-7,14H,1-2H3,(H,15,16,17);2-6H,1H3,(H,12,13). The number of aromatic carboxylic acids is 1. The van der Waals surface area contributed by atoms with Crippen LogP contribution in [0.25, 0.3) is 21.7 Å². The third-order valence-corrected chi connectivity index (χ3v) is 5.71. The van der Waals surface area contributed by atoms with E-state index >= 15 is 0 Å². The quantitative estimate of drug-likeness (QED) is 0.414. The summed E-state index contributed by atoms with van der Waals surface area (Å²) in [5, 5.41) is 20.7. The van der Waals surface area contributed by atoms with Crippen LogP contribution in [0, 0.1) is 0 Å². The van der Waals surface area contributed by atoms with Crippen molar-refractivity contribution in [3.63, 3.8) is 0 Å². The number of carboxylic acid groups (broad SMARTS) is 1.